The molecule has 0 aliphatic heterocycles. The lowest BCUT2D eigenvalue weighted by Gasteiger charge is -2.19. The lowest BCUT2D eigenvalue weighted by Crippen LogP contribution is -2.26. The quantitative estimate of drug-likeness (QED) is 0.223. The van der Waals surface area contributed by atoms with E-state index >= 15 is 0 Å². The molecule has 43 heavy (non-hydrogen) atoms. The average molecular weight is 584 g/mol. The van der Waals surface area contributed by atoms with Gasteiger partial charge in [0.25, 0.3) is 17.4 Å². The molecule has 0 unspecified atom stereocenters. The fraction of sp³-hybridized carbons (Fsp3) is 0.273. The largest absolute Gasteiger partial charge is 0.496 e. The summed E-state index contributed by atoms with van der Waals surface area (Å²) in [5.74, 6) is -0.246. The maximum atomic E-state index is 13.1. The fourth-order valence-corrected chi connectivity index (χ4v) is 4.54. The third-order valence-electron chi connectivity index (χ3n) is 7.05. The van der Waals surface area contributed by atoms with Gasteiger partial charge < -0.3 is 30.4 Å². The number of nitrogens with zero attached hydrogens (tertiary/aromatic N) is 2. The highest BCUT2D eigenvalue weighted by Crippen LogP contribution is 2.30. The van der Waals surface area contributed by atoms with E-state index in [1.165, 1.54) is 11.7 Å². The molecule has 3 aromatic carbocycles. The number of rotatable bonds is 9. The van der Waals surface area contributed by atoms with E-state index in [0.29, 0.717) is 28.4 Å². The summed E-state index contributed by atoms with van der Waals surface area (Å²) in [6.45, 7) is 8.20. The summed E-state index contributed by atoms with van der Waals surface area (Å²) in [5, 5.41) is 17.6. The minimum Gasteiger partial charge on any atom is -0.496 e. The van der Waals surface area contributed by atoms with Crippen molar-refractivity contribution in [1.82, 2.24) is 14.9 Å². The smallest absolute Gasteiger partial charge is 0.293 e. The zero-order valence-corrected chi connectivity index (χ0v) is 25.2. The van der Waals surface area contributed by atoms with Crippen LogP contribution in [0.1, 0.15) is 52.6 Å². The normalized spacial score (nSPS) is 11.1. The van der Waals surface area contributed by atoms with Crippen LogP contribution in [-0.4, -0.2) is 46.7 Å². The summed E-state index contributed by atoms with van der Waals surface area (Å²) in [6.07, 6.45) is 1.64. The lowest BCUT2D eigenvalue weighted by molar-refractivity contribution is 0.0941. The number of nitrogens with one attached hydrogen (secondary N) is 3. The second-order valence-electron chi connectivity index (χ2n) is 11.2. The molecule has 0 fully saturated rings. The maximum absolute atomic E-state index is 13.1. The van der Waals surface area contributed by atoms with Crippen LogP contribution < -0.4 is 26.2 Å². The third kappa shape index (κ3) is 7.10. The van der Waals surface area contributed by atoms with Crippen LogP contribution >= 0.6 is 0 Å². The Kier molecular flexibility index (Phi) is 9.30. The molecule has 10 heteroatoms. The van der Waals surface area contributed by atoms with Crippen molar-refractivity contribution in [2.75, 3.05) is 30.9 Å². The molecular formula is C33H37N5O5. The van der Waals surface area contributed by atoms with Gasteiger partial charge >= 0.3 is 0 Å². The van der Waals surface area contributed by atoms with Crippen molar-refractivity contribution in [2.45, 2.75) is 33.1 Å². The van der Waals surface area contributed by atoms with E-state index < -0.39 is 5.91 Å². The molecule has 0 atom stereocenters. The monoisotopic (exact) mass is 583 g/mol. The Balaban J connectivity index is 1.61. The molecule has 1 aromatic heterocycles. The van der Waals surface area contributed by atoms with Crippen LogP contribution in [-0.2, 0) is 12.5 Å². The van der Waals surface area contributed by atoms with E-state index in [-0.39, 0.29) is 41.4 Å². The maximum Gasteiger partial charge on any atom is 0.293 e. The number of hydrogen-bond donors (Lipinski definition) is 4. The summed E-state index contributed by atoms with van der Waals surface area (Å²) in [7, 11) is 3.07. The summed E-state index contributed by atoms with van der Waals surface area (Å²) >= 11 is 0. The average Bonchev–Trinajstić information content (AvgIpc) is 2.98. The molecule has 1 heterocycles. The van der Waals surface area contributed by atoms with Crippen LogP contribution in [0.4, 0.5) is 17.2 Å². The fourth-order valence-electron chi connectivity index (χ4n) is 4.54. The van der Waals surface area contributed by atoms with Crippen molar-refractivity contribution < 1.29 is 19.4 Å². The van der Waals surface area contributed by atoms with Crippen LogP contribution in [0.3, 0.4) is 0 Å². The third-order valence-corrected chi connectivity index (χ3v) is 7.05. The van der Waals surface area contributed by atoms with Gasteiger partial charge in [-0.15, -0.1) is 0 Å². The molecule has 0 radical (unpaired) electrons. The summed E-state index contributed by atoms with van der Waals surface area (Å²) < 4.78 is 6.81. The molecule has 10 nitrogen and oxygen atoms in total. The minimum absolute atomic E-state index is 0.0108. The van der Waals surface area contributed by atoms with Crippen LogP contribution in [0, 0.1) is 6.92 Å². The Morgan fingerprint density at radius 1 is 1.02 bits per heavy atom. The van der Waals surface area contributed by atoms with Crippen molar-refractivity contribution in [3.05, 3.63) is 99.5 Å². The van der Waals surface area contributed by atoms with Gasteiger partial charge in [-0.2, -0.15) is 0 Å². The molecule has 0 aliphatic carbocycles. The number of methoxy groups -OCH3 is 1. The standard InChI is InChI=1S/C33H37N5O5/c1-20-24(8-7-9-26(20)37-30(40)21-10-12-22(13-11-21)33(2,3)4)27-19-38(5)32(42)29(36-27)35-23-14-15-25(28(18-23)43-6)31(41)34-16-17-39/h7-15,18-19,39H,16-17H2,1-6H3,(H,34,41)(H,35,36)(H,37,40). The Morgan fingerprint density at radius 3 is 2.40 bits per heavy atom. The highest BCUT2D eigenvalue weighted by molar-refractivity contribution is 6.05. The van der Waals surface area contributed by atoms with Crippen LogP contribution in [0.2, 0.25) is 0 Å². The number of aryl methyl sites for hydroxylation is 1. The van der Waals surface area contributed by atoms with Gasteiger partial charge in [-0.1, -0.05) is 45.0 Å². The molecule has 0 saturated heterocycles. The molecule has 4 N–H and O–H groups in total. The number of carbonyl (C=O) groups excluding carboxylic acids is 2. The highest BCUT2D eigenvalue weighted by atomic mass is 16.5. The lowest BCUT2D eigenvalue weighted by atomic mass is 9.86. The Bertz CT molecular complexity index is 1700. The predicted molar refractivity (Wildman–Crippen MR) is 168 cm³/mol. The van der Waals surface area contributed by atoms with Crippen LogP contribution in [0.25, 0.3) is 11.3 Å². The molecule has 0 aliphatic rings. The number of ether oxygens (including phenoxy) is 1. The van der Waals surface area contributed by atoms with Gasteiger partial charge in [-0.25, -0.2) is 4.98 Å². The van der Waals surface area contributed by atoms with Gasteiger partial charge in [0.05, 0.1) is 25.0 Å². The second kappa shape index (κ2) is 12.9. The first-order valence-electron chi connectivity index (χ1n) is 13.9. The molecule has 4 aromatic rings. The first kappa shape index (κ1) is 31.0. The van der Waals surface area contributed by atoms with E-state index in [0.717, 1.165) is 16.7 Å². The molecule has 4 rings (SSSR count). The van der Waals surface area contributed by atoms with E-state index in [1.54, 1.807) is 31.4 Å². The Hall–Kier alpha value is -4.96. The number of amides is 2. The first-order valence-corrected chi connectivity index (χ1v) is 13.9. The van der Waals surface area contributed by atoms with Crippen molar-refractivity contribution in [3.8, 4) is 17.0 Å². The summed E-state index contributed by atoms with van der Waals surface area (Å²) in [6, 6.07) is 17.9. The van der Waals surface area contributed by atoms with Crippen LogP contribution in [0.15, 0.2) is 71.7 Å². The highest BCUT2D eigenvalue weighted by Gasteiger charge is 2.18. The molecular weight excluding hydrogens is 546 g/mol. The van der Waals surface area contributed by atoms with Crippen molar-refractivity contribution in [2.24, 2.45) is 7.05 Å². The minimum atomic E-state index is -0.391. The van der Waals surface area contributed by atoms with Gasteiger partial charge in [0, 0.05) is 48.4 Å². The molecule has 0 saturated carbocycles. The zero-order chi connectivity index (χ0) is 31.3. The topological polar surface area (TPSA) is 135 Å². The summed E-state index contributed by atoms with van der Waals surface area (Å²) in [5.41, 5.74) is 4.81. The Morgan fingerprint density at radius 2 is 1.74 bits per heavy atom. The van der Waals surface area contributed by atoms with E-state index in [1.807, 2.05) is 49.4 Å². The first-order chi connectivity index (χ1) is 20.4. The van der Waals surface area contributed by atoms with E-state index in [4.69, 9.17) is 9.84 Å². The molecule has 0 spiro atoms. The number of benzene rings is 3. The van der Waals surface area contributed by atoms with Gasteiger partial charge in [0.2, 0.25) is 0 Å². The number of aliphatic hydroxyl groups excluding tert-OH is 1. The van der Waals surface area contributed by atoms with Gasteiger partial charge in [0.1, 0.15) is 5.75 Å². The van der Waals surface area contributed by atoms with Crippen molar-refractivity contribution in [1.29, 1.82) is 0 Å². The number of anilines is 3. The van der Waals surface area contributed by atoms with E-state index in [2.05, 4.69) is 41.7 Å². The second-order valence-corrected chi connectivity index (χ2v) is 11.2. The number of aromatic nitrogens is 2. The number of carbonyl (C=O) groups is 2. The van der Waals surface area contributed by atoms with Crippen molar-refractivity contribution in [3.63, 3.8) is 0 Å². The van der Waals surface area contributed by atoms with E-state index in [9.17, 15) is 14.4 Å². The number of hydrogen-bond acceptors (Lipinski definition) is 7. The Labute approximate surface area is 250 Å². The molecule has 2 amide bonds. The SMILES string of the molecule is COc1cc(Nc2nc(-c3cccc(NC(=O)c4ccc(C(C)(C)C)cc4)c3C)cn(C)c2=O)ccc1C(=O)NCCO. The van der Waals surface area contributed by atoms with Gasteiger partial charge in [-0.05, 0) is 53.8 Å². The van der Waals surface area contributed by atoms with Crippen LogP contribution in [0.5, 0.6) is 5.75 Å². The van der Waals surface area contributed by atoms with Crippen molar-refractivity contribution >= 4 is 29.0 Å². The number of aliphatic hydroxyl groups is 1. The summed E-state index contributed by atoms with van der Waals surface area (Å²) in [4.78, 5) is 43.1. The zero-order valence-electron chi connectivity index (χ0n) is 25.2. The van der Waals surface area contributed by atoms with Gasteiger partial charge in [0.15, 0.2) is 5.82 Å². The van der Waals surface area contributed by atoms with Gasteiger partial charge in [-0.3, -0.25) is 14.4 Å². The molecule has 224 valence electrons. The predicted octanol–water partition coefficient (Wildman–Crippen LogP) is 4.78. The molecule has 0 bridgehead atoms.